The fourth-order valence-electron chi connectivity index (χ4n) is 2.86. The number of hydrogen-bond acceptors (Lipinski definition) is 3. The van der Waals surface area contributed by atoms with E-state index in [2.05, 4.69) is 24.3 Å². The zero-order chi connectivity index (χ0) is 15.7. The highest BCUT2D eigenvalue weighted by molar-refractivity contribution is 5.75. The number of aromatic nitrogens is 2. The molecule has 1 aromatic rings. The van der Waals surface area contributed by atoms with Crippen molar-refractivity contribution in [3.05, 3.63) is 17.5 Å². The molecule has 1 aliphatic rings. The normalized spacial score (nSPS) is 20.2. The number of carbonyl (C=O) groups excluding carboxylic acids is 1. The molecule has 1 amide bonds. The number of nitrogens with one attached hydrogen (secondary N) is 1. The monoisotopic (exact) mass is 293 g/mol. The van der Waals surface area contributed by atoms with Crippen LogP contribution in [0.5, 0.6) is 0 Å². The molecule has 0 radical (unpaired) electrons. The maximum atomic E-state index is 12.0. The minimum absolute atomic E-state index is 0.0977. The largest absolute Gasteiger partial charge is 0.388 e. The molecule has 0 aromatic carbocycles. The van der Waals surface area contributed by atoms with Crippen molar-refractivity contribution in [3.63, 3.8) is 0 Å². The molecule has 1 aromatic heterocycles. The van der Waals surface area contributed by atoms with E-state index in [9.17, 15) is 9.90 Å². The second-order valence-corrected chi connectivity index (χ2v) is 7.25. The van der Waals surface area contributed by atoms with Crippen LogP contribution in [0.25, 0.3) is 0 Å². The summed E-state index contributed by atoms with van der Waals surface area (Å²) in [6, 6.07) is 1.95. The van der Waals surface area contributed by atoms with Crippen LogP contribution in [-0.4, -0.2) is 32.9 Å². The van der Waals surface area contributed by atoms with Crippen LogP contribution in [0.3, 0.4) is 0 Å². The molecule has 118 valence electrons. The van der Waals surface area contributed by atoms with Crippen molar-refractivity contribution in [1.82, 2.24) is 15.1 Å². The molecule has 5 heteroatoms. The smallest absolute Gasteiger partial charge is 0.241 e. The van der Waals surface area contributed by atoms with Gasteiger partial charge in [0, 0.05) is 12.2 Å². The summed E-state index contributed by atoms with van der Waals surface area (Å²) in [5.41, 5.74) is 1.44. The van der Waals surface area contributed by atoms with Gasteiger partial charge in [-0.15, -0.1) is 0 Å². The van der Waals surface area contributed by atoms with Gasteiger partial charge in [0.2, 0.25) is 5.91 Å². The number of rotatable bonds is 4. The van der Waals surface area contributed by atoms with E-state index in [1.165, 1.54) is 0 Å². The maximum Gasteiger partial charge on any atom is 0.241 e. The zero-order valence-electron chi connectivity index (χ0n) is 13.6. The van der Waals surface area contributed by atoms with Gasteiger partial charge in [0.1, 0.15) is 6.54 Å². The fraction of sp³-hybridized carbons (Fsp3) is 0.750. The molecule has 0 spiro atoms. The Morgan fingerprint density at radius 3 is 2.48 bits per heavy atom. The molecule has 0 aliphatic heterocycles. The van der Waals surface area contributed by atoms with Crippen molar-refractivity contribution < 1.29 is 9.90 Å². The van der Waals surface area contributed by atoms with E-state index in [1.807, 2.05) is 19.9 Å². The SMILES string of the molecule is Cc1cc(C)n(CC(=O)NCC2(O)CCC(C)(C)CC2)n1. The van der Waals surface area contributed by atoms with Crippen molar-refractivity contribution in [2.45, 2.75) is 65.5 Å². The highest BCUT2D eigenvalue weighted by Gasteiger charge is 2.36. The number of amides is 1. The van der Waals surface area contributed by atoms with Crippen LogP contribution in [0, 0.1) is 19.3 Å². The first-order valence-corrected chi connectivity index (χ1v) is 7.69. The van der Waals surface area contributed by atoms with Crippen molar-refractivity contribution in [2.75, 3.05) is 6.54 Å². The molecule has 0 unspecified atom stereocenters. The second kappa shape index (κ2) is 5.79. The number of aryl methyl sites for hydroxylation is 2. The Morgan fingerprint density at radius 1 is 1.33 bits per heavy atom. The van der Waals surface area contributed by atoms with Gasteiger partial charge in [0.15, 0.2) is 0 Å². The Kier molecular flexibility index (Phi) is 4.42. The Balaban J connectivity index is 1.83. The molecule has 1 saturated carbocycles. The first-order chi connectivity index (χ1) is 9.69. The van der Waals surface area contributed by atoms with E-state index in [0.29, 0.717) is 12.0 Å². The van der Waals surface area contributed by atoms with Crippen LogP contribution >= 0.6 is 0 Å². The van der Waals surface area contributed by atoms with Gasteiger partial charge in [0.05, 0.1) is 11.3 Å². The molecule has 1 aliphatic carbocycles. The fourth-order valence-corrected chi connectivity index (χ4v) is 2.86. The van der Waals surface area contributed by atoms with E-state index in [1.54, 1.807) is 4.68 Å². The lowest BCUT2D eigenvalue weighted by Crippen LogP contribution is -2.47. The number of aliphatic hydroxyl groups is 1. The maximum absolute atomic E-state index is 12.0. The van der Waals surface area contributed by atoms with Crippen molar-refractivity contribution in [3.8, 4) is 0 Å². The summed E-state index contributed by atoms with van der Waals surface area (Å²) in [5.74, 6) is -0.0977. The average molecular weight is 293 g/mol. The summed E-state index contributed by atoms with van der Waals surface area (Å²) in [6.07, 6.45) is 3.49. The van der Waals surface area contributed by atoms with E-state index in [4.69, 9.17) is 0 Å². The van der Waals surface area contributed by atoms with E-state index in [-0.39, 0.29) is 12.5 Å². The molecule has 0 bridgehead atoms. The first-order valence-electron chi connectivity index (χ1n) is 7.69. The van der Waals surface area contributed by atoms with Gasteiger partial charge >= 0.3 is 0 Å². The standard InChI is InChI=1S/C16H27N3O2/c1-12-9-13(2)19(18-12)10-14(20)17-11-16(21)7-5-15(3,4)6-8-16/h9,21H,5-8,10-11H2,1-4H3,(H,17,20). The minimum atomic E-state index is -0.750. The minimum Gasteiger partial charge on any atom is -0.388 e. The van der Waals surface area contributed by atoms with Gasteiger partial charge in [-0.2, -0.15) is 5.10 Å². The topological polar surface area (TPSA) is 67.2 Å². The predicted octanol–water partition coefficient (Wildman–Crippen LogP) is 1.95. The Bertz CT molecular complexity index is 510. The zero-order valence-corrected chi connectivity index (χ0v) is 13.6. The molecule has 0 saturated heterocycles. The van der Waals surface area contributed by atoms with Gasteiger partial charge in [0.25, 0.3) is 0 Å². The Morgan fingerprint density at radius 2 is 1.95 bits per heavy atom. The number of hydrogen-bond donors (Lipinski definition) is 2. The quantitative estimate of drug-likeness (QED) is 0.891. The number of nitrogens with zero attached hydrogens (tertiary/aromatic N) is 2. The lowest BCUT2D eigenvalue weighted by atomic mass is 9.71. The third-order valence-electron chi connectivity index (χ3n) is 4.55. The summed E-state index contributed by atoms with van der Waals surface area (Å²) >= 11 is 0. The van der Waals surface area contributed by atoms with Crippen LogP contribution < -0.4 is 5.32 Å². The summed E-state index contributed by atoms with van der Waals surface area (Å²) in [7, 11) is 0. The molecule has 1 heterocycles. The van der Waals surface area contributed by atoms with Crippen LogP contribution in [0.15, 0.2) is 6.07 Å². The van der Waals surface area contributed by atoms with E-state index < -0.39 is 5.60 Å². The Labute approximate surface area is 126 Å². The third-order valence-corrected chi connectivity index (χ3v) is 4.55. The molecular weight excluding hydrogens is 266 g/mol. The summed E-state index contributed by atoms with van der Waals surface area (Å²) < 4.78 is 1.69. The summed E-state index contributed by atoms with van der Waals surface area (Å²) in [5, 5.41) is 17.7. The van der Waals surface area contributed by atoms with Crippen molar-refractivity contribution >= 4 is 5.91 Å². The first kappa shape index (κ1) is 16.0. The average Bonchev–Trinajstić information content (AvgIpc) is 2.70. The van der Waals surface area contributed by atoms with E-state index in [0.717, 1.165) is 37.1 Å². The second-order valence-electron chi connectivity index (χ2n) is 7.25. The molecule has 21 heavy (non-hydrogen) atoms. The number of carbonyl (C=O) groups is 1. The predicted molar refractivity (Wildman–Crippen MR) is 81.9 cm³/mol. The lowest BCUT2D eigenvalue weighted by molar-refractivity contribution is -0.123. The molecule has 5 nitrogen and oxygen atoms in total. The highest BCUT2D eigenvalue weighted by Crippen LogP contribution is 2.39. The molecule has 0 atom stereocenters. The molecule has 2 N–H and O–H groups in total. The highest BCUT2D eigenvalue weighted by atomic mass is 16.3. The van der Waals surface area contributed by atoms with Gasteiger partial charge < -0.3 is 10.4 Å². The van der Waals surface area contributed by atoms with Crippen LogP contribution in [0.1, 0.15) is 50.9 Å². The third kappa shape index (κ3) is 4.30. The van der Waals surface area contributed by atoms with Crippen LogP contribution in [0.2, 0.25) is 0 Å². The lowest BCUT2D eigenvalue weighted by Gasteiger charge is -2.40. The van der Waals surface area contributed by atoms with Gasteiger partial charge in [-0.25, -0.2) is 0 Å². The van der Waals surface area contributed by atoms with Crippen LogP contribution in [0.4, 0.5) is 0 Å². The van der Waals surface area contributed by atoms with Crippen molar-refractivity contribution in [2.24, 2.45) is 5.41 Å². The summed E-state index contributed by atoms with van der Waals surface area (Å²) in [4.78, 5) is 12.0. The molecule has 2 rings (SSSR count). The summed E-state index contributed by atoms with van der Waals surface area (Å²) in [6.45, 7) is 8.85. The van der Waals surface area contributed by atoms with Gasteiger partial charge in [-0.1, -0.05) is 13.8 Å². The molecule has 1 fully saturated rings. The van der Waals surface area contributed by atoms with Gasteiger partial charge in [-0.05, 0) is 51.0 Å². The Hall–Kier alpha value is -1.36. The van der Waals surface area contributed by atoms with Crippen molar-refractivity contribution in [1.29, 1.82) is 0 Å². The molecular formula is C16H27N3O2. The van der Waals surface area contributed by atoms with Gasteiger partial charge in [-0.3, -0.25) is 9.48 Å². The van der Waals surface area contributed by atoms with E-state index >= 15 is 0 Å². The van der Waals surface area contributed by atoms with Crippen LogP contribution in [-0.2, 0) is 11.3 Å².